The van der Waals surface area contributed by atoms with Crippen LogP contribution in [-0.4, -0.2) is 11.1 Å². The van der Waals surface area contributed by atoms with Gasteiger partial charge in [-0.1, -0.05) is 37.7 Å². The van der Waals surface area contributed by atoms with E-state index in [1.54, 1.807) is 6.92 Å². The lowest BCUT2D eigenvalue weighted by atomic mass is 9.84. The highest BCUT2D eigenvalue weighted by Gasteiger charge is 2.16. The fourth-order valence-electron chi connectivity index (χ4n) is 2.36. The molecule has 0 heterocycles. The van der Waals surface area contributed by atoms with Gasteiger partial charge in [-0.05, 0) is 32.6 Å². The van der Waals surface area contributed by atoms with Crippen LogP contribution >= 0.6 is 0 Å². The molecule has 0 unspecified atom stereocenters. The number of hydrogen-bond acceptors (Lipinski definition) is 1. The highest BCUT2D eigenvalue weighted by atomic mass is 16.4. The molecule has 0 atom stereocenters. The fourth-order valence-corrected chi connectivity index (χ4v) is 2.36. The maximum atomic E-state index is 10.9. The summed E-state index contributed by atoms with van der Waals surface area (Å²) in [6.45, 7) is 3.73. The van der Waals surface area contributed by atoms with Crippen LogP contribution in [0.4, 0.5) is 0 Å². The molecule has 0 spiro atoms. The average Bonchev–Trinajstić information content (AvgIpc) is 2.15. The van der Waals surface area contributed by atoms with Crippen LogP contribution in [0.3, 0.4) is 0 Å². The highest BCUT2D eigenvalue weighted by Crippen LogP contribution is 2.29. The average molecular weight is 210 g/mol. The number of hydrogen-bond donors (Lipinski definition) is 1. The first kappa shape index (κ1) is 12.3. The Morgan fingerprint density at radius 3 is 1.93 bits per heavy atom. The monoisotopic (exact) mass is 210 g/mol. The summed E-state index contributed by atoms with van der Waals surface area (Å²) in [4.78, 5) is 10.9. The lowest BCUT2D eigenvalue weighted by Gasteiger charge is -2.21. The predicted molar refractivity (Wildman–Crippen MR) is 61.8 cm³/mol. The third kappa shape index (κ3) is 3.69. The molecule has 1 saturated carbocycles. The maximum Gasteiger partial charge on any atom is 0.331 e. The Bertz CT molecular complexity index is 245. The van der Waals surface area contributed by atoms with Crippen molar-refractivity contribution in [3.63, 3.8) is 0 Å². The van der Waals surface area contributed by atoms with Crippen LogP contribution in [0, 0.1) is 5.92 Å². The molecule has 0 saturated heterocycles. The van der Waals surface area contributed by atoms with Crippen LogP contribution in [-0.2, 0) is 4.79 Å². The molecule has 1 fully saturated rings. The number of rotatable bonds is 2. The number of aliphatic carboxylic acids is 1. The van der Waals surface area contributed by atoms with Crippen molar-refractivity contribution < 1.29 is 9.90 Å². The molecule has 0 aromatic heterocycles. The molecule has 1 aliphatic carbocycles. The van der Waals surface area contributed by atoms with Crippen molar-refractivity contribution >= 4 is 5.97 Å². The van der Waals surface area contributed by atoms with Crippen molar-refractivity contribution in [3.8, 4) is 0 Å². The van der Waals surface area contributed by atoms with E-state index in [2.05, 4.69) is 0 Å². The van der Waals surface area contributed by atoms with Crippen molar-refractivity contribution in [3.05, 3.63) is 11.1 Å². The second-order valence-electron chi connectivity index (χ2n) is 4.66. The maximum absolute atomic E-state index is 10.9. The van der Waals surface area contributed by atoms with Crippen molar-refractivity contribution in [1.82, 2.24) is 0 Å². The summed E-state index contributed by atoms with van der Waals surface area (Å²) in [6.07, 6.45) is 8.86. The van der Waals surface area contributed by atoms with Gasteiger partial charge in [-0.3, -0.25) is 0 Å². The Morgan fingerprint density at radius 1 is 1.00 bits per heavy atom. The number of allylic oxidation sites excluding steroid dienone is 1. The standard InChI is InChI=1S/C13H22O2/c1-10(11(2)13(14)15)12-8-6-4-3-5-7-9-12/h12H,3-9H2,1-2H3,(H,14,15). The molecule has 0 aromatic carbocycles. The first-order valence-corrected chi connectivity index (χ1v) is 6.03. The first-order chi connectivity index (χ1) is 7.13. The number of carbonyl (C=O) groups is 1. The molecular formula is C13H22O2. The van der Waals surface area contributed by atoms with Crippen LogP contribution in [0.1, 0.15) is 58.8 Å². The van der Waals surface area contributed by atoms with Crippen molar-refractivity contribution in [2.45, 2.75) is 58.8 Å². The Hall–Kier alpha value is -0.790. The SMILES string of the molecule is CC(C(=O)O)=C(C)C1CCCCCCC1. The van der Waals surface area contributed by atoms with Gasteiger partial charge in [0.1, 0.15) is 0 Å². The van der Waals surface area contributed by atoms with Gasteiger partial charge in [0, 0.05) is 5.57 Å². The van der Waals surface area contributed by atoms with Gasteiger partial charge in [-0.2, -0.15) is 0 Å². The van der Waals surface area contributed by atoms with E-state index in [0.29, 0.717) is 11.5 Å². The summed E-state index contributed by atoms with van der Waals surface area (Å²) in [5.74, 6) is -0.240. The molecule has 1 N–H and O–H groups in total. The summed E-state index contributed by atoms with van der Waals surface area (Å²) >= 11 is 0. The minimum Gasteiger partial charge on any atom is -0.478 e. The predicted octanol–water partition coefficient (Wildman–Crippen LogP) is 3.77. The van der Waals surface area contributed by atoms with E-state index < -0.39 is 5.97 Å². The zero-order valence-electron chi connectivity index (χ0n) is 9.88. The Labute approximate surface area is 92.4 Å². The molecule has 0 radical (unpaired) electrons. The molecule has 1 rings (SSSR count). The van der Waals surface area contributed by atoms with Gasteiger partial charge in [-0.25, -0.2) is 4.79 Å². The van der Waals surface area contributed by atoms with Gasteiger partial charge in [0.15, 0.2) is 0 Å². The summed E-state index contributed by atoms with van der Waals surface area (Å²) in [5, 5.41) is 8.95. The van der Waals surface area contributed by atoms with E-state index in [1.807, 2.05) is 6.92 Å². The molecular weight excluding hydrogens is 188 g/mol. The molecule has 0 aromatic rings. The van der Waals surface area contributed by atoms with Gasteiger partial charge >= 0.3 is 5.97 Å². The highest BCUT2D eigenvalue weighted by molar-refractivity contribution is 5.86. The summed E-state index contributed by atoms with van der Waals surface area (Å²) in [5.41, 5.74) is 1.66. The minimum absolute atomic E-state index is 0.515. The molecule has 15 heavy (non-hydrogen) atoms. The Morgan fingerprint density at radius 2 is 1.47 bits per heavy atom. The number of carboxylic acids is 1. The van der Waals surface area contributed by atoms with Gasteiger partial charge in [0.05, 0.1) is 0 Å². The third-order valence-corrected chi connectivity index (χ3v) is 3.63. The number of carboxylic acid groups (broad SMARTS) is 1. The quantitative estimate of drug-likeness (QED) is 0.704. The third-order valence-electron chi connectivity index (χ3n) is 3.63. The minimum atomic E-state index is -0.755. The van der Waals surface area contributed by atoms with Gasteiger partial charge < -0.3 is 5.11 Å². The largest absolute Gasteiger partial charge is 0.478 e. The van der Waals surface area contributed by atoms with Crippen molar-refractivity contribution in [2.75, 3.05) is 0 Å². The smallest absolute Gasteiger partial charge is 0.331 e. The second kappa shape index (κ2) is 5.94. The zero-order valence-corrected chi connectivity index (χ0v) is 9.88. The van der Waals surface area contributed by atoms with Crippen LogP contribution in [0.2, 0.25) is 0 Å². The summed E-state index contributed by atoms with van der Waals surface area (Å²) in [7, 11) is 0. The van der Waals surface area contributed by atoms with Gasteiger partial charge in [-0.15, -0.1) is 0 Å². The van der Waals surface area contributed by atoms with Crippen LogP contribution in [0.15, 0.2) is 11.1 Å². The van der Waals surface area contributed by atoms with Gasteiger partial charge in [0.25, 0.3) is 0 Å². The molecule has 2 heteroatoms. The van der Waals surface area contributed by atoms with Crippen molar-refractivity contribution in [2.24, 2.45) is 5.92 Å². The molecule has 2 nitrogen and oxygen atoms in total. The van der Waals surface area contributed by atoms with E-state index in [1.165, 1.54) is 44.9 Å². The van der Waals surface area contributed by atoms with E-state index in [4.69, 9.17) is 5.11 Å². The van der Waals surface area contributed by atoms with Crippen LogP contribution in [0.25, 0.3) is 0 Å². The van der Waals surface area contributed by atoms with Gasteiger partial charge in [0.2, 0.25) is 0 Å². The van der Waals surface area contributed by atoms with E-state index >= 15 is 0 Å². The van der Waals surface area contributed by atoms with Crippen molar-refractivity contribution in [1.29, 1.82) is 0 Å². The fraction of sp³-hybridized carbons (Fsp3) is 0.769. The molecule has 0 aliphatic heterocycles. The molecule has 0 bridgehead atoms. The summed E-state index contributed by atoms with van der Waals surface area (Å²) < 4.78 is 0. The van der Waals surface area contributed by atoms with E-state index in [0.717, 1.165) is 5.57 Å². The second-order valence-corrected chi connectivity index (χ2v) is 4.66. The topological polar surface area (TPSA) is 37.3 Å². The van der Waals surface area contributed by atoms with Crippen LogP contribution < -0.4 is 0 Å². The Balaban J connectivity index is 2.67. The summed E-state index contributed by atoms with van der Waals surface area (Å²) in [6, 6.07) is 0. The van der Waals surface area contributed by atoms with E-state index in [-0.39, 0.29) is 0 Å². The van der Waals surface area contributed by atoms with E-state index in [9.17, 15) is 4.79 Å². The molecule has 0 amide bonds. The molecule has 86 valence electrons. The normalized spacial score (nSPS) is 21.5. The lowest BCUT2D eigenvalue weighted by Crippen LogP contribution is -2.10. The van der Waals surface area contributed by atoms with Crippen LogP contribution in [0.5, 0.6) is 0 Å². The zero-order chi connectivity index (χ0) is 11.3. The Kier molecular flexibility index (Phi) is 4.86. The molecule has 1 aliphatic rings. The first-order valence-electron chi connectivity index (χ1n) is 6.03. The lowest BCUT2D eigenvalue weighted by molar-refractivity contribution is -0.132.